The van der Waals surface area contributed by atoms with E-state index in [1.54, 1.807) is 31.0 Å². The van der Waals surface area contributed by atoms with Crippen molar-refractivity contribution in [3.8, 4) is 5.75 Å². The molecule has 0 fully saturated rings. The third kappa shape index (κ3) is 3.67. The van der Waals surface area contributed by atoms with E-state index < -0.39 is 0 Å². The van der Waals surface area contributed by atoms with Crippen molar-refractivity contribution in [3.63, 3.8) is 0 Å². The lowest BCUT2D eigenvalue weighted by molar-refractivity contribution is 0.0600. The number of carbonyl (C=O) groups excluding carboxylic acids is 1. The van der Waals surface area contributed by atoms with Crippen LogP contribution in [0.1, 0.15) is 10.4 Å². The lowest BCUT2D eigenvalue weighted by Gasteiger charge is -2.09. The van der Waals surface area contributed by atoms with E-state index in [1.807, 2.05) is 30.3 Å². The van der Waals surface area contributed by atoms with Crippen LogP contribution in [0.3, 0.4) is 0 Å². The number of rotatable bonds is 4. The van der Waals surface area contributed by atoms with Gasteiger partial charge in [0.05, 0.1) is 24.7 Å². The maximum atomic E-state index is 11.4. The zero-order valence-corrected chi connectivity index (χ0v) is 14.0. The third-order valence-electron chi connectivity index (χ3n) is 2.63. The molecule has 0 amide bonds. The Kier molecular flexibility index (Phi) is 5.31. The molecule has 0 aromatic heterocycles. The molecule has 0 heterocycles. The summed E-state index contributed by atoms with van der Waals surface area (Å²) in [7, 11) is 3.04. The van der Waals surface area contributed by atoms with Gasteiger partial charge in [-0.25, -0.2) is 4.79 Å². The third-order valence-corrected chi connectivity index (χ3v) is 4.36. The molecule has 5 heteroatoms. The minimum atomic E-state index is -0.326. The first-order valence-corrected chi connectivity index (χ1v) is 7.73. The van der Waals surface area contributed by atoms with E-state index in [9.17, 15) is 4.79 Å². The summed E-state index contributed by atoms with van der Waals surface area (Å²) in [5.74, 6) is 0.521. The molecule has 0 aliphatic carbocycles. The van der Waals surface area contributed by atoms with Crippen LogP contribution in [0.5, 0.6) is 5.75 Å². The average molecular weight is 400 g/mol. The molecule has 0 radical (unpaired) electrons. The molecule has 20 heavy (non-hydrogen) atoms. The van der Waals surface area contributed by atoms with E-state index in [0.717, 1.165) is 19.1 Å². The van der Waals surface area contributed by atoms with Gasteiger partial charge in [-0.2, -0.15) is 0 Å². The van der Waals surface area contributed by atoms with Crippen LogP contribution in [0.2, 0.25) is 0 Å². The molecule has 0 atom stereocenters. The van der Waals surface area contributed by atoms with Crippen LogP contribution >= 0.6 is 34.4 Å². The summed E-state index contributed by atoms with van der Waals surface area (Å²) in [6.07, 6.45) is 0. The molecule has 0 aliphatic rings. The van der Waals surface area contributed by atoms with Gasteiger partial charge in [0.15, 0.2) is 0 Å². The van der Waals surface area contributed by atoms with Crippen molar-refractivity contribution in [2.75, 3.05) is 14.2 Å². The quantitative estimate of drug-likeness (QED) is 0.568. The molecule has 3 nitrogen and oxygen atoms in total. The maximum Gasteiger partial charge on any atom is 0.337 e. The predicted octanol–water partition coefficient (Wildman–Crippen LogP) is 4.24. The molecule has 104 valence electrons. The van der Waals surface area contributed by atoms with E-state index in [0.29, 0.717) is 5.56 Å². The van der Waals surface area contributed by atoms with Crippen molar-refractivity contribution in [3.05, 3.63) is 51.6 Å². The molecule has 2 aromatic carbocycles. The highest BCUT2D eigenvalue weighted by Crippen LogP contribution is 2.35. The second kappa shape index (κ2) is 6.99. The number of esters is 1. The average Bonchev–Trinajstić information content (AvgIpc) is 2.49. The number of methoxy groups -OCH3 is 2. The second-order valence-corrected chi connectivity index (χ2v) is 6.27. The Labute approximate surface area is 135 Å². The molecule has 0 aliphatic heterocycles. The number of ether oxygens (including phenoxy) is 2. The Balaban J connectivity index is 2.20. The summed E-state index contributed by atoms with van der Waals surface area (Å²) in [5, 5.41) is 0. The summed E-state index contributed by atoms with van der Waals surface area (Å²) >= 11 is 3.85. The fourth-order valence-corrected chi connectivity index (χ4v) is 3.00. The van der Waals surface area contributed by atoms with Gasteiger partial charge in [0.1, 0.15) is 5.75 Å². The van der Waals surface area contributed by atoms with Gasteiger partial charge in [-0.1, -0.05) is 11.8 Å². The van der Waals surface area contributed by atoms with E-state index in [4.69, 9.17) is 4.74 Å². The first-order chi connectivity index (χ1) is 9.63. The number of carbonyl (C=O) groups is 1. The van der Waals surface area contributed by atoms with Gasteiger partial charge in [0.25, 0.3) is 0 Å². The summed E-state index contributed by atoms with van der Waals surface area (Å²) in [5.41, 5.74) is 0.548. The normalized spacial score (nSPS) is 10.2. The van der Waals surface area contributed by atoms with E-state index >= 15 is 0 Å². The zero-order valence-electron chi connectivity index (χ0n) is 11.1. The number of hydrogen-bond acceptors (Lipinski definition) is 4. The highest BCUT2D eigenvalue weighted by Gasteiger charge is 2.08. The number of hydrogen-bond donors (Lipinski definition) is 0. The van der Waals surface area contributed by atoms with Crippen LogP contribution in [0.15, 0.2) is 52.3 Å². The van der Waals surface area contributed by atoms with Crippen LogP contribution in [0.4, 0.5) is 0 Å². The van der Waals surface area contributed by atoms with Crippen LogP contribution < -0.4 is 4.74 Å². The Morgan fingerprint density at radius 3 is 2.40 bits per heavy atom. The van der Waals surface area contributed by atoms with Gasteiger partial charge >= 0.3 is 5.97 Å². The minimum absolute atomic E-state index is 0.326. The molecule has 0 spiro atoms. The Morgan fingerprint density at radius 2 is 1.80 bits per heavy atom. The van der Waals surface area contributed by atoms with Crippen LogP contribution in [0.25, 0.3) is 0 Å². The first-order valence-electron chi connectivity index (χ1n) is 5.84. The van der Waals surface area contributed by atoms with Gasteiger partial charge in [-0.05, 0) is 65.1 Å². The Bertz CT molecular complexity index is 611. The van der Waals surface area contributed by atoms with Crippen molar-refractivity contribution in [2.45, 2.75) is 9.79 Å². The van der Waals surface area contributed by atoms with Gasteiger partial charge < -0.3 is 9.47 Å². The van der Waals surface area contributed by atoms with Gasteiger partial charge in [0, 0.05) is 8.47 Å². The monoisotopic (exact) mass is 400 g/mol. The SMILES string of the molecule is COC(=O)c1ccc(Sc2ccc(I)cc2OC)cc1. The maximum absolute atomic E-state index is 11.4. The molecule has 0 bridgehead atoms. The Hall–Kier alpha value is -1.21. The highest BCUT2D eigenvalue weighted by molar-refractivity contribution is 14.1. The van der Waals surface area contributed by atoms with Crippen LogP contribution in [0, 0.1) is 3.57 Å². The second-order valence-electron chi connectivity index (χ2n) is 3.91. The zero-order chi connectivity index (χ0) is 14.5. The summed E-state index contributed by atoms with van der Waals surface area (Å²) < 4.78 is 11.2. The van der Waals surface area contributed by atoms with Crippen LogP contribution in [-0.4, -0.2) is 20.2 Å². The largest absolute Gasteiger partial charge is 0.496 e. The first kappa shape index (κ1) is 15.2. The van der Waals surface area contributed by atoms with E-state index in [-0.39, 0.29) is 5.97 Å². The van der Waals surface area contributed by atoms with Gasteiger partial charge in [-0.15, -0.1) is 0 Å². The van der Waals surface area contributed by atoms with Crippen molar-refractivity contribution in [1.82, 2.24) is 0 Å². The smallest absolute Gasteiger partial charge is 0.337 e. The molecule has 2 rings (SSSR count). The molecule has 0 saturated carbocycles. The fraction of sp³-hybridized carbons (Fsp3) is 0.133. The summed E-state index contributed by atoms with van der Waals surface area (Å²) in [4.78, 5) is 13.5. The molecule has 0 unspecified atom stereocenters. The summed E-state index contributed by atoms with van der Waals surface area (Å²) in [6.45, 7) is 0. The van der Waals surface area contributed by atoms with Crippen molar-refractivity contribution in [2.24, 2.45) is 0 Å². The van der Waals surface area contributed by atoms with Gasteiger partial charge in [-0.3, -0.25) is 0 Å². The number of halogens is 1. The van der Waals surface area contributed by atoms with E-state index in [1.165, 1.54) is 7.11 Å². The summed E-state index contributed by atoms with van der Waals surface area (Å²) in [6, 6.07) is 13.4. The molecule has 2 aromatic rings. The van der Waals surface area contributed by atoms with Crippen LogP contribution in [-0.2, 0) is 4.74 Å². The van der Waals surface area contributed by atoms with Crippen molar-refractivity contribution < 1.29 is 14.3 Å². The topological polar surface area (TPSA) is 35.5 Å². The van der Waals surface area contributed by atoms with Crippen molar-refractivity contribution >= 4 is 40.3 Å². The van der Waals surface area contributed by atoms with Crippen molar-refractivity contribution in [1.29, 1.82) is 0 Å². The minimum Gasteiger partial charge on any atom is -0.496 e. The Morgan fingerprint density at radius 1 is 1.10 bits per heavy atom. The molecule has 0 saturated heterocycles. The lowest BCUT2D eigenvalue weighted by Crippen LogP contribution is -2.00. The number of benzene rings is 2. The fourth-order valence-electron chi connectivity index (χ4n) is 1.63. The molecular formula is C15H13IO3S. The highest BCUT2D eigenvalue weighted by atomic mass is 127. The lowest BCUT2D eigenvalue weighted by atomic mass is 10.2. The standard InChI is InChI=1S/C15H13IO3S/c1-18-13-9-11(16)5-8-14(13)20-12-6-3-10(4-7-12)15(17)19-2/h3-9H,1-2H3. The van der Waals surface area contributed by atoms with Gasteiger partial charge in [0.2, 0.25) is 0 Å². The molecule has 0 N–H and O–H groups in total. The predicted molar refractivity (Wildman–Crippen MR) is 87.6 cm³/mol. The van der Waals surface area contributed by atoms with E-state index in [2.05, 4.69) is 27.3 Å². The molecular weight excluding hydrogens is 387 g/mol.